The Morgan fingerprint density at radius 1 is 1.18 bits per heavy atom. The predicted molar refractivity (Wildman–Crippen MR) is 71.1 cm³/mol. The molecule has 1 heterocycles. The number of nitrogens with zero attached hydrogens (tertiary/aromatic N) is 1. The Morgan fingerprint density at radius 2 is 1.71 bits per heavy atom. The smallest absolute Gasteiger partial charge is 0.0644 e. The summed E-state index contributed by atoms with van der Waals surface area (Å²) < 4.78 is 0. The highest BCUT2D eigenvalue weighted by molar-refractivity contribution is 5.33. The van der Waals surface area contributed by atoms with Crippen LogP contribution in [0.4, 0.5) is 0 Å². The summed E-state index contributed by atoms with van der Waals surface area (Å²) in [6.07, 6.45) is 1.77. The molecule has 2 nitrogen and oxygen atoms in total. The highest BCUT2D eigenvalue weighted by Gasteiger charge is 2.27. The van der Waals surface area contributed by atoms with Crippen molar-refractivity contribution >= 4 is 0 Å². The monoisotopic (exact) mass is 233 g/mol. The Kier molecular flexibility index (Phi) is 3.55. The van der Waals surface area contributed by atoms with Crippen LogP contribution in [0.3, 0.4) is 0 Å². The molecule has 17 heavy (non-hydrogen) atoms. The molecule has 0 saturated carbocycles. The maximum Gasteiger partial charge on any atom is 0.0644 e. The van der Waals surface area contributed by atoms with E-state index in [0.717, 1.165) is 32.5 Å². The lowest BCUT2D eigenvalue weighted by Gasteiger charge is -2.36. The van der Waals surface area contributed by atoms with Gasteiger partial charge >= 0.3 is 0 Å². The summed E-state index contributed by atoms with van der Waals surface area (Å²) in [6.45, 7) is 9.34. The molecule has 0 unspecified atom stereocenters. The SMILES string of the molecule is Cc1cccc(C)c1CN1CCC(C)(O)CC1. The van der Waals surface area contributed by atoms with E-state index in [0.29, 0.717) is 0 Å². The summed E-state index contributed by atoms with van der Waals surface area (Å²) in [7, 11) is 0. The first-order valence-electron chi connectivity index (χ1n) is 6.48. The molecule has 1 aromatic rings. The molecular formula is C15H23NO. The average Bonchev–Trinajstić information content (AvgIpc) is 2.26. The number of piperidine rings is 1. The quantitative estimate of drug-likeness (QED) is 0.849. The van der Waals surface area contributed by atoms with Crippen molar-refractivity contribution in [1.82, 2.24) is 4.90 Å². The molecule has 0 aromatic heterocycles. The fourth-order valence-electron chi connectivity index (χ4n) is 2.51. The van der Waals surface area contributed by atoms with Crippen LogP contribution in [-0.2, 0) is 6.54 Å². The molecule has 2 heteroatoms. The fourth-order valence-corrected chi connectivity index (χ4v) is 2.51. The molecule has 1 N–H and O–H groups in total. The second-order valence-corrected chi connectivity index (χ2v) is 5.64. The number of aryl methyl sites for hydroxylation is 2. The van der Waals surface area contributed by atoms with E-state index in [-0.39, 0.29) is 0 Å². The summed E-state index contributed by atoms with van der Waals surface area (Å²) in [4.78, 5) is 2.45. The third-order valence-electron chi connectivity index (χ3n) is 3.96. The van der Waals surface area contributed by atoms with Crippen molar-refractivity contribution in [3.63, 3.8) is 0 Å². The van der Waals surface area contributed by atoms with Crippen LogP contribution in [0.25, 0.3) is 0 Å². The van der Waals surface area contributed by atoms with Crippen molar-refractivity contribution in [2.24, 2.45) is 0 Å². The third kappa shape index (κ3) is 3.08. The second kappa shape index (κ2) is 4.79. The van der Waals surface area contributed by atoms with Gasteiger partial charge in [-0.1, -0.05) is 18.2 Å². The van der Waals surface area contributed by atoms with Gasteiger partial charge in [0.15, 0.2) is 0 Å². The molecule has 1 aliphatic heterocycles. The molecule has 1 aromatic carbocycles. The molecule has 0 atom stereocenters. The Balaban J connectivity index is 2.03. The summed E-state index contributed by atoms with van der Waals surface area (Å²) in [5, 5.41) is 9.94. The summed E-state index contributed by atoms with van der Waals surface area (Å²) in [5.74, 6) is 0. The van der Waals surface area contributed by atoms with E-state index in [1.54, 1.807) is 0 Å². The summed E-state index contributed by atoms with van der Waals surface area (Å²) >= 11 is 0. The highest BCUT2D eigenvalue weighted by atomic mass is 16.3. The fraction of sp³-hybridized carbons (Fsp3) is 0.600. The summed E-state index contributed by atoms with van der Waals surface area (Å²) in [6, 6.07) is 6.49. The lowest BCUT2D eigenvalue weighted by atomic mass is 9.93. The van der Waals surface area contributed by atoms with Crippen molar-refractivity contribution in [3.05, 3.63) is 34.9 Å². The molecule has 0 radical (unpaired) electrons. The van der Waals surface area contributed by atoms with Gasteiger partial charge in [0, 0.05) is 19.6 Å². The molecule has 1 saturated heterocycles. The van der Waals surface area contributed by atoms with Crippen LogP contribution < -0.4 is 0 Å². The van der Waals surface area contributed by atoms with Gasteiger partial charge in [0.05, 0.1) is 5.60 Å². The topological polar surface area (TPSA) is 23.5 Å². The number of likely N-dealkylation sites (tertiary alicyclic amines) is 1. The van der Waals surface area contributed by atoms with Gasteiger partial charge in [0.25, 0.3) is 0 Å². The van der Waals surface area contributed by atoms with Gasteiger partial charge in [0.1, 0.15) is 0 Å². The van der Waals surface area contributed by atoms with Crippen molar-refractivity contribution in [2.75, 3.05) is 13.1 Å². The zero-order valence-electron chi connectivity index (χ0n) is 11.2. The van der Waals surface area contributed by atoms with E-state index in [1.165, 1.54) is 16.7 Å². The molecule has 1 aliphatic rings. The maximum absolute atomic E-state index is 9.94. The molecule has 0 aliphatic carbocycles. The maximum atomic E-state index is 9.94. The Hall–Kier alpha value is -0.860. The van der Waals surface area contributed by atoms with E-state index in [2.05, 4.69) is 36.9 Å². The van der Waals surface area contributed by atoms with Crippen LogP contribution in [0.2, 0.25) is 0 Å². The van der Waals surface area contributed by atoms with Crippen molar-refractivity contribution < 1.29 is 5.11 Å². The Bertz CT molecular complexity index is 368. The van der Waals surface area contributed by atoms with Crippen LogP contribution in [0.1, 0.15) is 36.5 Å². The van der Waals surface area contributed by atoms with Crippen LogP contribution in [0, 0.1) is 13.8 Å². The summed E-state index contributed by atoms with van der Waals surface area (Å²) in [5.41, 5.74) is 3.76. The zero-order valence-corrected chi connectivity index (χ0v) is 11.2. The molecule has 2 rings (SSSR count). The van der Waals surface area contributed by atoms with E-state index in [1.807, 2.05) is 6.92 Å². The number of aliphatic hydroxyl groups is 1. The van der Waals surface area contributed by atoms with Gasteiger partial charge in [0.2, 0.25) is 0 Å². The largest absolute Gasteiger partial charge is 0.390 e. The van der Waals surface area contributed by atoms with Gasteiger partial charge in [-0.2, -0.15) is 0 Å². The van der Waals surface area contributed by atoms with E-state index >= 15 is 0 Å². The molecular weight excluding hydrogens is 210 g/mol. The minimum absolute atomic E-state index is 0.447. The predicted octanol–water partition coefficient (Wildman–Crippen LogP) is 2.65. The first-order valence-corrected chi connectivity index (χ1v) is 6.48. The average molecular weight is 233 g/mol. The number of rotatable bonds is 2. The van der Waals surface area contributed by atoms with Gasteiger partial charge in [-0.05, 0) is 50.3 Å². The lowest BCUT2D eigenvalue weighted by molar-refractivity contribution is -0.00736. The van der Waals surface area contributed by atoms with E-state index in [9.17, 15) is 5.11 Å². The van der Waals surface area contributed by atoms with Gasteiger partial charge in [-0.25, -0.2) is 0 Å². The zero-order chi connectivity index (χ0) is 12.5. The van der Waals surface area contributed by atoms with E-state index < -0.39 is 5.60 Å². The number of benzene rings is 1. The Labute approximate surface area is 104 Å². The second-order valence-electron chi connectivity index (χ2n) is 5.64. The minimum atomic E-state index is -0.447. The van der Waals surface area contributed by atoms with Crippen molar-refractivity contribution in [3.8, 4) is 0 Å². The molecule has 94 valence electrons. The Morgan fingerprint density at radius 3 is 2.24 bits per heavy atom. The molecule has 0 spiro atoms. The third-order valence-corrected chi connectivity index (χ3v) is 3.96. The van der Waals surface area contributed by atoms with Crippen LogP contribution in [0.15, 0.2) is 18.2 Å². The molecule has 0 amide bonds. The van der Waals surface area contributed by atoms with E-state index in [4.69, 9.17) is 0 Å². The number of hydrogen-bond acceptors (Lipinski definition) is 2. The van der Waals surface area contributed by atoms with Crippen LogP contribution in [-0.4, -0.2) is 28.7 Å². The molecule has 0 bridgehead atoms. The minimum Gasteiger partial charge on any atom is -0.390 e. The highest BCUT2D eigenvalue weighted by Crippen LogP contribution is 2.24. The lowest BCUT2D eigenvalue weighted by Crippen LogP contribution is -2.42. The standard InChI is InChI=1S/C15H23NO/c1-12-5-4-6-13(2)14(12)11-16-9-7-15(3,17)8-10-16/h4-6,17H,7-11H2,1-3H3. The first kappa shape index (κ1) is 12.6. The van der Waals surface area contributed by atoms with Gasteiger partial charge in [-0.3, -0.25) is 4.90 Å². The van der Waals surface area contributed by atoms with Gasteiger partial charge in [-0.15, -0.1) is 0 Å². The van der Waals surface area contributed by atoms with Crippen LogP contribution in [0.5, 0.6) is 0 Å². The van der Waals surface area contributed by atoms with Gasteiger partial charge < -0.3 is 5.11 Å². The first-order chi connectivity index (χ1) is 7.98. The number of hydrogen-bond donors (Lipinski definition) is 1. The van der Waals surface area contributed by atoms with Crippen molar-refractivity contribution in [1.29, 1.82) is 0 Å². The molecule has 1 fully saturated rings. The van der Waals surface area contributed by atoms with Crippen LogP contribution >= 0.6 is 0 Å². The normalized spacial score (nSPS) is 20.5. The van der Waals surface area contributed by atoms with Crippen molar-refractivity contribution in [2.45, 2.75) is 45.8 Å².